The third-order valence-corrected chi connectivity index (χ3v) is 4.56. The highest BCUT2D eigenvalue weighted by Crippen LogP contribution is 2.26. The van der Waals surface area contributed by atoms with Gasteiger partial charge in [-0.3, -0.25) is 4.79 Å². The van der Waals surface area contributed by atoms with E-state index < -0.39 is 5.97 Å². The minimum atomic E-state index is -0.769. The van der Waals surface area contributed by atoms with E-state index in [1.165, 1.54) is 6.42 Å². The number of piperidine rings is 1. The second-order valence-corrected chi connectivity index (χ2v) is 6.09. The number of hydrogen-bond acceptors (Lipinski definition) is 3. The molecule has 2 amide bonds. The molecule has 6 heteroatoms. The van der Waals surface area contributed by atoms with E-state index in [9.17, 15) is 9.59 Å². The van der Waals surface area contributed by atoms with Crippen molar-refractivity contribution in [1.29, 1.82) is 0 Å². The number of urea groups is 1. The number of carbonyl (C=O) groups excluding carboxylic acids is 1. The Kier molecular flexibility index (Phi) is 4.86. The molecule has 2 saturated heterocycles. The zero-order valence-corrected chi connectivity index (χ0v) is 12.3. The number of nitrogens with zero attached hydrogens (tertiary/aromatic N) is 2. The summed E-state index contributed by atoms with van der Waals surface area (Å²) >= 11 is 0. The van der Waals surface area contributed by atoms with Gasteiger partial charge < -0.3 is 20.2 Å². The Bertz CT molecular complexity index is 367. The van der Waals surface area contributed by atoms with Crippen molar-refractivity contribution in [2.45, 2.75) is 19.8 Å². The van der Waals surface area contributed by atoms with Crippen molar-refractivity contribution >= 4 is 12.0 Å². The summed E-state index contributed by atoms with van der Waals surface area (Å²) in [6.07, 6.45) is 2.23. The van der Waals surface area contributed by atoms with Crippen LogP contribution in [0.5, 0.6) is 0 Å². The van der Waals surface area contributed by atoms with Gasteiger partial charge in [-0.1, -0.05) is 6.92 Å². The van der Waals surface area contributed by atoms with E-state index in [-0.39, 0.29) is 17.9 Å². The van der Waals surface area contributed by atoms with Crippen LogP contribution in [0.15, 0.2) is 0 Å². The molecular weight excluding hydrogens is 258 g/mol. The molecule has 0 aromatic rings. The summed E-state index contributed by atoms with van der Waals surface area (Å²) in [4.78, 5) is 27.0. The molecule has 0 spiro atoms. The number of carboxylic acids is 1. The monoisotopic (exact) mass is 283 g/mol. The lowest BCUT2D eigenvalue weighted by molar-refractivity contribution is -0.144. The molecule has 0 saturated carbocycles. The lowest BCUT2D eigenvalue weighted by Crippen LogP contribution is -2.58. The molecule has 2 aliphatic heterocycles. The van der Waals surface area contributed by atoms with Crippen LogP contribution < -0.4 is 5.32 Å². The van der Waals surface area contributed by atoms with Crippen LogP contribution in [0.2, 0.25) is 0 Å². The van der Waals surface area contributed by atoms with Gasteiger partial charge >= 0.3 is 12.0 Å². The number of rotatable bonds is 4. The molecule has 2 unspecified atom stereocenters. The van der Waals surface area contributed by atoms with Crippen LogP contribution in [0.3, 0.4) is 0 Å². The van der Waals surface area contributed by atoms with Gasteiger partial charge in [0.1, 0.15) is 0 Å². The van der Waals surface area contributed by atoms with Crippen LogP contribution in [0.1, 0.15) is 19.8 Å². The van der Waals surface area contributed by atoms with Crippen LogP contribution >= 0.6 is 0 Å². The largest absolute Gasteiger partial charge is 0.481 e. The predicted octanol–water partition coefficient (Wildman–Crippen LogP) is 0.690. The van der Waals surface area contributed by atoms with E-state index in [1.54, 1.807) is 11.8 Å². The Morgan fingerprint density at radius 1 is 1.30 bits per heavy atom. The smallest absolute Gasteiger partial charge is 0.320 e. The highest BCUT2D eigenvalue weighted by molar-refractivity contribution is 5.76. The Hall–Kier alpha value is -1.30. The van der Waals surface area contributed by atoms with Gasteiger partial charge in [-0.25, -0.2) is 4.79 Å². The van der Waals surface area contributed by atoms with Crippen molar-refractivity contribution in [3.63, 3.8) is 0 Å². The number of nitrogens with one attached hydrogen (secondary N) is 1. The van der Waals surface area contributed by atoms with Crippen molar-refractivity contribution < 1.29 is 14.7 Å². The molecule has 114 valence electrons. The summed E-state index contributed by atoms with van der Waals surface area (Å²) in [5.41, 5.74) is 0. The number of carbonyl (C=O) groups is 2. The highest BCUT2D eigenvalue weighted by atomic mass is 16.4. The molecule has 0 bridgehead atoms. The van der Waals surface area contributed by atoms with Crippen molar-refractivity contribution in [2.75, 3.05) is 39.8 Å². The van der Waals surface area contributed by atoms with Crippen molar-refractivity contribution in [2.24, 2.45) is 17.8 Å². The third kappa shape index (κ3) is 3.23. The van der Waals surface area contributed by atoms with Gasteiger partial charge in [-0.05, 0) is 32.4 Å². The molecule has 2 rings (SSSR count). The average Bonchev–Trinajstić information content (AvgIpc) is 2.37. The SMILES string of the molecule is CNCC1CCCN(C(=O)N2CC(C(C)C(=O)O)C2)C1. The molecule has 0 radical (unpaired) electrons. The normalized spacial score (nSPS) is 25.2. The Labute approximate surface area is 120 Å². The number of likely N-dealkylation sites (tertiary alicyclic amines) is 2. The average molecular weight is 283 g/mol. The first-order valence-electron chi connectivity index (χ1n) is 7.44. The third-order valence-electron chi connectivity index (χ3n) is 4.56. The molecule has 2 heterocycles. The van der Waals surface area contributed by atoms with Gasteiger partial charge in [0.25, 0.3) is 0 Å². The molecule has 6 nitrogen and oxygen atoms in total. The second kappa shape index (κ2) is 6.43. The fourth-order valence-corrected chi connectivity index (χ4v) is 3.08. The standard InChI is InChI=1S/C14H25N3O3/c1-10(13(18)19)12-8-17(9-12)14(20)16-5-3-4-11(7-16)6-15-2/h10-12,15H,3-9H2,1-2H3,(H,18,19). The summed E-state index contributed by atoms with van der Waals surface area (Å²) in [7, 11) is 1.94. The van der Waals surface area contributed by atoms with E-state index in [2.05, 4.69) is 5.32 Å². The number of carboxylic acid groups (broad SMARTS) is 1. The first kappa shape index (κ1) is 15.1. The topological polar surface area (TPSA) is 72.9 Å². The number of aliphatic carboxylic acids is 1. The Morgan fingerprint density at radius 3 is 2.60 bits per heavy atom. The van der Waals surface area contributed by atoms with Crippen molar-refractivity contribution in [1.82, 2.24) is 15.1 Å². The van der Waals surface area contributed by atoms with Crippen molar-refractivity contribution in [3.8, 4) is 0 Å². The Morgan fingerprint density at radius 2 is 2.00 bits per heavy atom. The Balaban J connectivity index is 1.80. The molecule has 0 aliphatic carbocycles. The van der Waals surface area contributed by atoms with E-state index >= 15 is 0 Å². The van der Waals surface area contributed by atoms with E-state index in [4.69, 9.17) is 5.11 Å². The van der Waals surface area contributed by atoms with Crippen molar-refractivity contribution in [3.05, 3.63) is 0 Å². The van der Waals surface area contributed by atoms with Gasteiger partial charge in [0, 0.05) is 32.1 Å². The van der Waals surface area contributed by atoms with Gasteiger partial charge in [0.2, 0.25) is 0 Å². The zero-order chi connectivity index (χ0) is 14.7. The lowest BCUT2D eigenvalue weighted by Gasteiger charge is -2.45. The molecule has 20 heavy (non-hydrogen) atoms. The first-order chi connectivity index (χ1) is 9.52. The van der Waals surface area contributed by atoms with Crippen LogP contribution in [0, 0.1) is 17.8 Å². The fourth-order valence-electron chi connectivity index (χ4n) is 3.08. The molecule has 0 aromatic carbocycles. The van der Waals surface area contributed by atoms with E-state index in [0.717, 1.165) is 26.1 Å². The molecule has 2 N–H and O–H groups in total. The maximum atomic E-state index is 12.4. The fraction of sp³-hybridized carbons (Fsp3) is 0.857. The summed E-state index contributed by atoms with van der Waals surface area (Å²) < 4.78 is 0. The summed E-state index contributed by atoms with van der Waals surface area (Å²) in [5, 5.41) is 12.1. The van der Waals surface area contributed by atoms with E-state index in [1.807, 2.05) is 11.9 Å². The minimum Gasteiger partial charge on any atom is -0.481 e. The molecule has 2 fully saturated rings. The summed E-state index contributed by atoms with van der Waals surface area (Å²) in [6, 6.07) is 0.0830. The van der Waals surface area contributed by atoms with Gasteiger partial charge in [0.15, 0.2) is 0 Å². The van der Waals surface area contributed by atoms with Crippen LogP contribution in [-0.2, 0) is 4.79 Å². The van der Waals surface area contributed by atoms with Crippen LogP contribution in [-0.4, -0.2) is 66.7 Å². The second-order valence-electron chi connectivity index (χ2n) is 6.09. The highest BCUT2D eigenvalue weighted by Gasteiger charge is 2.39. The molecule has 2 atom stereocenters. The summed E-state index contributed by atoms with van der Waals surface area (Å²) in [5.74, 6) is -0.492. The molecule has 0 aromatic heterocycles. The maximum absolute atomic E-state index is 12.4. The number of amides is 2. The van der Waals surface area contributed by atoms with Crippen LogP contribution in [0.25, 0.3) is 0 Å². The quantitative estimate of drug-likeness (QED) is 0.796. The van der Waals surface area contributed by atoms with Gasteiger partial charge in [0.05, 0.1) is 5.92 Å². The first-order valence-corrected chi connectivity index (χ1v) is 7.44. The maximum Gasteiger partial charge on any atom is 0.320 e. The minimum absolute atomic E-state index is 0.0830. The zero-order valence-electron chi connectivity index (χ0n) is 12.3. The number of hydrogen-bond donors (Lipinski definition) is 2. The summed E-state index contributed by atoms with van der Waals surface area (Å²) in [6.45, 7) is 5.48. The van der Waals surface area contributed by atoms with Gasteiger partial charge in [-0.15, -0.1) is 0 Å². The predicted molar refractivity (Wildman–Crippen MR) is 75.5 cm³/mol. The lowest BCUT2D eigenvalue weighted by atomic mass is 9.87. The van der Waals surface area contributed by atoms with Crippen LogP contribution in [0.4, 0.5) is 4.79 Å². The van der Waals surface area contributed by atoms with Gasteiger partial charge in [-0.2, -0.15) is 0 Å². The molecule has 2 aliphatic rings. The van der Waals surface area contributed by atoms with E-state index in [0.29, 0.717) is 19.0 Å². The molecular formula is C14H25N3O3.